The molecule has 3 aromatic carbocycles. The maximum Gasteiger partial charge on any atom is 0.335 e. The van der Waals surface area contributed by atoms with E-state index in [0.717, 1.165) is 10.5 Å². The molecule has 1 fully saturated rings. The van der Waals surface area contributed by atoms with Gasteiger partial charge >= 0.3 is 6.03 Å². The molecule has 4 rings (SSSR count). The van der Waals surface area contributed by atoms with Crippen LogP contribution in [0.25, 0.3) is 6.08 Å². The minimum Gasteiger partial charge on any atom is -0.493 e. The van der Waals surface area contributed by atoms with Gasteiger partial charge in [-0.3, -0.25) is 14.9 Å². The van der Waals surface area contributed by atoms with E-state index in [1.54, 1.807) is 36.4 Å². The molecule has 9 heteroatoms. The third-order valence-corrected chi connectivity index (χ3v) is 6.35. The van der Waals surface area contributed by atoms with E-state index in [9.17, 15) is 18.8 Å². The number of para-hydroxylation sites is 1. The molecular formula is C27H22FIN2O5. The molecule has 0 unspecified atom stereocenters. The number of barbiturate groups is 1. The summed E-state index contributed by atoms with van der Waals surface area (Å²) in [6.45, 7) is 2.04. The first-order chi connectivity index (χ1) is 17.3. The Morgan fingerprint density at radius 3 is 2.56 bits per heavy atom. The topological polar surface area (TPSA) is 84.9 Å². The Morgan fingerprint density at radius 2 is 1.83 bits per heavy atom. The predicted molar refractivity (Wildman–Crippen MR) is 141 cm³/mol. The van der Waals surface area contributed by atoms with E-state index in [2.05, 4.69) is 27.9 Å². The van der Waals surface area contributed by atoms with Gasteiger partial charge in [0, 0.05) is 0 Å². The van der Waals surface area contributed by atoms with Crippen molar-refractivity contribution >= 4 is 52.2 Å². The molecule has 3 aromatic rings. The summed E-state index contributed by atoms with van der Waals surface area (Å²) in [4.78, 5) is 39.5. The van der Waals surface area contributed by atoms with Crippen LogP contribution in [0.2, 0.25) is 0 Å². The molecule has 184 valence electrons. The molecule has 0 radical (unpaired) electrons. The maximum absolute atomic E-state index is 13.5. The number of hydrogen-bond acceptors (Lipinski definition) is 5. The van der Waals surface area contributed by atoms with Crippen molar-refractivity contribution in [1.29, 1.82) is 0 Å². The number of urea groups is 1. The number of hydrogen-bond donors (Lipinski definition) is 1. The smallest absolute Gasteiger partial charge is 0.335 e. The van der Waals surface area contributed by atoms with Crippen LogP contribution in [0.1, 0.15) is 23.6 Å². The molecule has 1 saturated heterocycles. The first kappa shape index (κ1) is 25.4. The van der Waals surface area contributed by atoms with E-state index >= 15 is 0 Å². The van der Waals surface area contributed by atoms with Gasteiger partial charge in [-0.2, -0.15) is 0 Å². The van der Waals surface area contributed by atoms with Crippen molar-refractivity contribution in [3.8, 4) is 11.5 Å². The highest BCUT2D eigenvalue weighted by Crippen LogP contribution is 2.36. The third-order valence-electron chi connectivity index (χ3n) is 5.55. The average Bonchev–Trinajstić information content (AvgIpc) is 2.86. The largest absolute Gasteiger partial charge is 0.493 e. The summed E-state index contributed by atoms with van der Waals surface area (Å²) in [6, 6.07) is 15.7. The lowest BCUT2D eigenvalue weighted by atomic mass is 10.0. The fraction of sp³-hybridized carbons (Fsp3) is 0.148. The molecule has 36 heavy (non-hydrogen) atoms. The van der Waals surface area contributed by atoms with Gasteiger partial charge < -0.3 is 9.47 Å². The van der Waals surface area contributed by atoms with Gasteiger partial charge in [0.1, 0.15) is 18.0 Å². The Bertz CT molecular complexity index is 1390. The van der Waals surface area contributed by atoms with Gasteiger partial charge in [-0.15, -0.1) is 0 Å². The summed E-state index contributed by atoms with van der Waals surface area (Å²) < 4.78 is 25.5. The lowest BCUT2D eigenvalue weighted by Crippen LogP contribution is -2.54. The number of aryl methyl sites for hydroxylation is 1. The Kier molecular flexibility index (Phi) is 7.68. The molecule has 0 aliphatic carbocycles. The first-order valence-electron chi connectivity index (χ1n) is 11.1. The number of ether oxygens (including phenoxy) is 2. The van der Waals surface area contributed by atoms with Gasteiger partial charge in [0.15, 0.2) is 11.5 Å². The van der Waals surface area contributed by atoms with E-state index in [1.165, 1.54) is 25.3 Å². The zero-order valence-electron chi connectivity index (χ0n) is 19.5. The lowest BCUT2D eigenvalue weighted by Gasteiger charge is -2.28. The number of halogens is 2. The van der Waals surface area contributed by atoms with Gasteiger partial charge in [0.2, 0.25) is 0 Å². The molecule has 1 N–H and O–H groups in total. The van der Waals surface area contributed by atoms with E-state index < -0.39 is 17.8 Å². The molecule has 0 bridgehead atoms. The second-order valence-corrected chi connectivity index (χ2v) is 9.06. The van der Waals surface area contributed by atoms with Gasteiger partial charge in [0.05, 0.1) is 16.4 Å². The van der Waals surface area contributed by atoms with Crippen LogP contribution < -0.4 is 19.7 Å². The van der Waals surface area contributed by atoms with E-state index in [-0.39, 0.29) is 18.0 Å². The zero-order valence-corrected chi connectivity index (χ0v) is 21.7. The molecule has 1 heterocycles. The number of nitrogens with one attached hydrogen (secondary N) is 1. The second-order valence-electron chi connectivity index (χ2n) is 7.89. The Balaban J connectivity index is 1.66. The van der Waals surface area contributed by atoms with Crippen LogP contribution in [-0.4, -0.2) is 25.0 Å². The quantitative estimate of drug-likeness (QED) is 0.228. The molecule has 1 aliphatic rings. The Labute approximate surface area is 221 Å². The highest BCUT2D eigenvalue weighted by molar-refractivity contribution is 14.1. The minimum atomic E-state index is -0.795. The van der Waals surface area contributed by atoms with Crippen LogP contribution in [0.3, 0.4) is 0 Å². The van der Waals surface area contributed by atoms with Crippen molar-refractivity contribution in [2.45, 2.75) is 20.0 Å². The van der Waals surface area contributed by atoms with Gasteiger partial charge in [-0.1, -0.05) is 37.3 Å². The minimum absolute atomic E-state index is 0.124. The van der Waals surface area contributed by atoms with E-state index in [1.807, 2.05) is 19.1 Å². The molecule has 0 aromatic heterocycles. The van der Waals surface area contributed by atoms with E-state index in [4.69, 9.17) is 9.47 Å². The number of carbonyl (C=O) groups is 3. The summed E-state index contributed by atoms with van der Waals surface area (Å²) in [5, 5.41) is 2.25. The molecule has 1 aliphatic heterocycles. The second kappa shape index (κ2) is 10.9. The van der Waals surface area contributed by atoms with Gasteiger partial charge in [-0.05, 0) is 82.1 Å². The number of amides is 4. The number of rotatable bonds is 7. The number of benzene rings is 3. The van der Waals surface area contributed by atoms with Crippen molar-refractivity contribution in [2.75, 3.05) is 12.0 Å². The average molecular weight is 600 g/mol. The number of imide groups is 2. The van der Waals surface area contributed by atoms with E-state index in [0.29, 0.717) is 38.3 Å². The van der Waals surface area contributed by atoms with Crippen molar-refractivity contribution in [1.82, 2.24) is 5.32 Å². The number of methoxy groups -OCH3 is 1. The maximum atomic E-state index is 13.5. The van der Waals surface area contributed by atoms with Gasteiger partial charge in [0.25, 0.3) is 11.8 Å². The highest BCUT2D eigenvalue weighted by atomic mass is 127. The molecule has 7 nitrogen and oxygen atoms in total. The molecule has 0 atom stereocenters. The Hall–Kier alpha value is -3.73. The molecular weight excluding hydrogens is 578 g/mol. The predicted octanol–water partition coefficient (Wildman–Crippen LogP) is 5.25. The standard InChI is InChI=1S/C27H22FIN2O5/c1-3-18-8-4-5-10-22(18)31-26(33)20(25(32)30-27(31)34)12-17-13-21(29)24(23(14-17)35-2)36-15-16-7-6-9-19(28)11-16/h4-14H,3,15H2,1-2H3,(H,30,32,34)/b20-12-. The summed E-state index contributed by atoms with van der Waals surface area (Å²) in [6.07, 6.45) is 2.01. The third kappa shape index (κ3) is 5.25. The Morgan fingerprint density at radius 1 is 1.06 bits per heavy atom. The number of nitrogens with zero attached hydrogens (tertiary/aromatic N) is 1. The summed E-state index contributed by atoms with van der Waals surface area (Å²) >= 11 is 2.06. The van der Waals surface area contributed by atoms with Crippen LogP contribution in [-0.2, 0) is 22.6 Å². The molecule has 0 spiro atoms. The summed E-state index contributed by atoms with van der Waals surface area (Å²) in [5.41, 5.74) is 2.19. The van der Waals surface area contributed by atoms with Crippen LogP contribution in [0.5, 0.6) is 11.5 Å². The van der Waals surface area contributed by atoms with Crippen LogP contribution in [0, 0.1) is 9.39 Å². The fourth-order valence-corrected chi connectivity index (χ4v) is 4.60. The monoisotopic (exact) mass is 600 g/mol. The van der Waals surface area contributed by atoms with Crippen LogP contribution in [0.4, 0.5) is 14.9 Å². The van der Waals surface area contributed by atoms with Crippen molar-refractivity contribution in [3.63, 3.8) is 0 Å². The summed E-state index contributed by atoms with van der Waals surface area (Å²) in [5.74, 6) is -1.04. The molecule has 0 saturated carbocycles. The van der Waals surface area contributed by atoms with Gasteiger partial charge in [-0.25, -0.2) is 14.1 Å². The number of carbonyl (C=O) groups excluding carboxylic acids is 3. The normalized spacial score (nSPS) is 14.7. The first-order valence-corrected chi connectivity index (χ1v) is 12.1. The zero-order chi connectivity index (χ0) is 25.8. The van der Waals surface area contributed by atoms with Crippen molar-refractivity contribution in [2.24, 2.45) is 0 Å². The highest BCUT2D eigenvalue weighted by Gasteiger charge is 2.37. The fourth-order valence-electron chi connectivity index (χ4n) is 3.82. The van der Waals surface area contributed by atoms with Crippen LogP contribution in [0.15, 0.2) is 66.2 Å². The summed E-state index contributed by atoms with van der Waals surface area (Å²) in [7, 11) is 1.47. The van der Waals surface area contributed by atoms with Crippen LogP contribution >= 0.6 is 22.6 Å². The SMILES string of the molecule is CCc1ccccc1N1C(=O)NC(=O)/C(=C/c2cc(I)c(OCc3cccc(F)c3)c(OC)c2)C1=O. The van der Waals surface area contributed by atoms with Crippen molar-refractivity contribution in [3.05, 3.63) is 92.3 Å². The van der Waals surface area contributed by atoms with Crippen molar-refractivity contribution < 1.29 is 28.2 Å². The molecule has 4 amide bonds. The number of anilines is 1. The lowest BCUT2D eigenvalue weighted by molar-refractivity contribution is -0.122.